The van der Waals surface area contributed by atoms with Crippen molar-refractivity contribution in [1.29, 1.82) is 0 Å². The summed E-state index contributed by atoms with van der Waals surface area (Å²) in [6.07, 6.45) is 7.25. The summed E-state index contributed by atoms with van der Waals surface area (Å²) in [6.45, 7) is 8.00. The zero-order valence-corrected chi connectivity index (χ0v) is 10.3. The van der Waals surface area contributed by atoms with Crippen LogP contribution in [0.25, 0.3) is 0 Å². The molecule has 0 amide bonds. The van der Waals surface area contributed by atoms with E-state index in [2.05, 4.69) is 11.3 Å². The summed E-state index contributed by atoms with van der Waals surface area (Å²) in [6, 6.07) is 0. The molecule has 14 heavy (non-hydrogen) atoms. The van der Waals surface area contributed by atoms with Crippen LogP contribution in [-0.4, -0.2) is 9.78 Å². The summed E-state index contributed by atoms with van der Waals surface area (Å²) in [5.41, 5.74) is 2.79. The van der Waals surface area contributed by atoms with Crippen molar-refractivity contribution in [2.24, 2.45) is 7.05 Å². The summed E-state index contributed by atoms with van der Waals surface area (Å²) < 4.78 is 1.93. The molecule has 0 spiro atoms. The molecule has 1 aliphatic rings. The average Bonchev–Trinajstić information content (AvgIpc) is 2.64. The Morgan fingerprint density at radius 3 is 2.21 bits per heavy atom. The highest BCUT2D eigenvalue weighted by molar-refractivity contribution is 5.19. The minimum absolute atomic E-state index is 1.19. The molecule has 2 nitrogen and oxygen atoms in total. The molecule has 0 fully saturated rings. The van der Waals surface area contributed by atoms with Crippen LogP contribution < -0.4 is 0 Å². The van der Waals surface area contributed by atoms with Gasteiger partial charge < -0.3 is 0 Å². The van der Waals surface area contributed by atoms with Gasteiger partial charge in [0.05, 0.1) is 5.69 Å². The van der Waals surface area contributed by atoms with Gasteiger partial charge in [0, 0.05) is 13.2 Å². The molecule has 1 aliphatic carbocycles. The smallest absolute Gasteiger partial charge is 0.0656 e. The molecule has 0 N–H and O–H groups in total. The van der Waals surface area contributed by atoms with Gasteiger partial charge in [0.2, 0.25) is 0 Å². The van der Waals surface area contributed by atoms with E-state index in [9.17, 15) is 0 Å². The number of fused-ring (bicyclic) bond motifs is 1. The van der Waals surface area contributed by atoms with Crippen molar-refractivity contribution in [3.63, 3.8) is 0 Å². The highest BCUT2D eigenvalue weighted by Gasteiger charge is 2.11. The van der Waals surface area contributed by atoms with Crippen LogP contribution >= 0.6 is 0 Å². The third-order valence-corrected chi connectivity index (χ3v) is 2.10. The Bertz CT molecular complexity index is 215. The zero-order valence-electron chi connectivity index (χ0n) is 10.3. The third kappa shape index (κ3) is 3.52. The van der Waals surface area contributed by atoms with E-state index in [4.69, 9.17) is 0 Å². The first-order chi connectivity index (χ1) is 6.86. The quantitative estimate of drug-likeness (QED) is 0.622. The second kappa shape index (κ2) is 7.60. The van der Waals surface area contributed by atoms with Crippen LogP contribution in [0, 0.1) is 0 Å². The van der Waals surface area contributed by atoms with E-state index in [-0.39, 0.29) is 0 Å². The molecule has 0 saturated carbocycles. The molecular weight excluding hydrogens is 172 g/mol. The molecule has 1 heterocycles. The van der Waals surface area contributed by atoms with Gasteiger partial charge in [-0.2, -0.15) is 5.10 Å². The molecule has 0 unspecified atom stereocenters. The van der Waals surface area contributed by atoms with Crippen LogP contribution in [0.2, 0.25) is 0 Å². The molecule has 1 aromatic heterocycles. The molecule has 82 valence electrons. The van der Waals surface area contributed by atoms with E-state index < -0.39 is 0 Å². The second-order valence-corrected chi connectivity index (χ2v) is 2.98. The summed E-state index contributed by atoms with van der Waals surface area (Å²) in [7, 11) is 2.00. The predicted octanol–water partition coefficient (Wildman–Crippen LogP) is 3.35. The molecule has 0 aliphatic heterocycles. The van der Waals surface area contributed by atoms with E-state index in [0.717, 1.165) is 0 Å². The lowest BCUT2D eigenvalue weighted by atomic mass is 9.99. The Labute approximate surface area is 88.3 Å². The fraction of sp³-hybridized carbons (Fsp3) is 0.750. The second-order valence-electron chi connectivity index (χ2n) is 2.98. The zero-order chi connectivity index (χ0) is 11.0. The highest BCUT2D eigenvalue weighted by atomic mass is 15.2. The highest BCUT2D eigenvalue weighted by Crippen LogP contribution is 2.18. The lowest BCUT2D eigenvalue weighted by molar-refractivity contribution is 0.664. The number of rotatable bonds is 0. The van der Waals surface area contributed by atoms with Crippen molar-refractivity contribution in [3.05, 3.63) is 17.5 Å². The van der Waals surface area contributed by atoms with Crippen molar-refractivity contribution in [2.75, 3.05) is 0 Å². The van der Waals surface area contributed by atoms with E-state index in [1.54, 1.807) is 0 Å². The molecule has 0 saturated heterocycles. The van der Waals surface area contributed by atoms with Gasteiger partial charge >= 0.3 is 0 Å². The Morgan fingerprint density at radius 2 is 1.64 bits per heavy atom. The monoisotopic (exact) mass is 196 g/mol. The van der Waals surface area contributed by atoms with Crippen LogP contribution in [0.5, 0.6) is 0 Å². The maximum absolute atomic E-state index is 4.37. The average molecular weight is 196 g/mol. The molecule has 2 heteroatoms. The Balaban J connectivity index is 0.000000379. The van der Waals surface area contributed by atoms with E-state index in [0.29, 0.717) is 0 Å². The Hall–Kier alpha value is -0.790. The van der Waals surface area contributed by atoms with Gasteiger partial charge in [-0.25, -0.2) is 0 Å². The van der Waals surface area contributed by atoms with Crippen molar-refractivity contribution in [2.45, 2.75) is 53.4 Å². The van der Waals surface area contributed by atoms with Crippen LogP contribution in [-0.2, 0) is 19.9 Å². The first-order valence-corrected chi connectivity index (χ1v) is 5.87. The number of hydrogen-bond donors (Lipinski definition) is 0. The number of aromatic nitrogens is 2. The van der Waals surface area contributed by atoms with Gasteiger partial charge in [0.25, 0.3) is 0 Å². The van der Waals surface area contributed by atoms with E-state index >= 15 is 0 Å². The van der Waals surface area contributed by atoms with Crippen molar-refractivity contribution < 1.29 is 0 Å². The van der Waals surface area contributed by atoms with Crippen molar-refractivity contribution in [3.8, 4) is 0 Å². The van der Waals surface area contributed by atoms with E-state index in [1.807, 2.05) is 39.4 Å². The summed E-state index contributed by atoms with van der Waals surface area (Å²) in [5.74, 6) is 0. The molecule has 2 rings (SSSR count). The lowest BCUT2D eigenvalue weighted by Gasteiger charge is -2.06. The van der Waals surface area contributed by atoms with Gasteiger partial charge in [-0.1, -0.05) is 27.7 Å². The van der Waals surface area contributed by atoms with Crippen LogP contribution in [0.3, 0.4) is 0 Å². The number of hydrogen-bond acceptors (Lipinski definition) is 1. The molecule has 0 aromatic carbocycles. The Kier molecular flexibility index (Phi) is 7.17. The minimum Gasteiger partial charge on any atom is -0.275 e. The first-order valence-electron chi connectivity index (χ1n) is 5.87. The number of nitrogens with zero attached hydrogens (tertiary/aromatic N) is 2. The SMILES string of the molecule is CC.CC.Cn1cc2c(n1)CCCC2. The maximum Gasteiger partial charge on any atom is 0.0656 e. The predicted molar refractivity (Wildman–Crippen MR) is 62.5 cm³/mol. The summed E-state index contributed by atoms with van der Waals surface area (Å²) in [5, 5.41) is 4.37. The summed E-state index contributed by atoms with van der Waals surface area (Å²) in [4.78, 5) is 0. The first kappa shape index (κ1) is 13.2. The third-order valence-electron chi connectivity index (χ3n) is 2.10. The Morgan fingerprint density at radius 1 is 1.07 bits per heavy atom. The number of aryl methyl sites for hydroxylation is 3. The van der Waals surface area contributed by atoms with Crippen molar-refractivity contribution in [1.82, 2.24) is 9.78 Å². The van der Waals surface area contributed by atoms with E-state index in [1.165, 1.54) is 36.9 Å². The van der Waals surface area contributed by atoms with Crippen molar-refractivity contribution >= 4 is 0 Å². The van der Waals surface area contributed by atoms with Crippen LogP contribution in [0.15, 0.2) is 6.20 Å². The van der Waals surface area contributed by atoms with Crippen LogP contribution in [0.4, 0.5) is 0 Å². The minimum atomic E-state index is 1.19. The molecule has 0 atom stereocenters. The topological polar surface area (TPSA) is 17.8 Å². The fourth-order valence-corrected chi connectivity index (χ4v) is 1.61. The van der Waals surface area contributed by atoms with Gasteiger partial charge in [-0.15, -0.1) is 0 Å². The lowest BCUT2D eigenvalue weighted by Crippen LogP contribution is -1.99. The largest absolute Gasteiger partial charge is 0.275 e. The standard InChI is InChI=1S/C8H12N2.2C2H6/c1-10-6-7-4-2-3-5-8(7)9-10;2*1-2/h6H,2-5H2,1H3;2*1-2H3. The molecule has 0 radical (unpaired) electrons. The molecule has 0 bridgehead atoms. The van der Waals surface area contributed by atoms with Gasteiger partial charge in [-0.05, 0) is 31.2 Å². The summed E-state index contributed by atoms with van der Waals surface area (Å²) >= 11 is 0. The normalized spacial score (nSPS) is 12.9. The van der Waals surface area contributed by atoms with Gasteiger partial charge in [0.1, 0.15) is 0 Å². The van der Waals surface area contributed by atoms with Gasteiger partial charge in [0.15, 0.2) is 0 Å². The fourth-order valence-electron chi connectivity index (χ4n) is 1.61. The van der Waals surface area contributed by atoms with Gasteiger partial charge in [-0.3, -0.25) is 4.68 Å². The van der Waals surface area contributed by atoms with Crippen LogP contribution in [0.1, 0.15) is 51.8 Å². The molecular formula is C12H24N2. The maximum atomic E-state index is 4.37. The molecule has 1 aromatic rings.